The first-order valence-corrected chi connectivity index (χ1v) is 7.99. The maximum absolute atomic E-state index is 6.26. The van der Waals surface area contributed by atoms with E-state index >= 15 is 0 Å². The molecule has 2 nitrogen and oxygen atoms in total. The second kappa shape index (κ2) is 7.51. The van der Waals surface area contributed by atoms with Crippen molar-refractivity contribution in [2.45, 2.75) is 5.92 Å². The minimum atomic E-state index is 0.0708. The molecule has 2 heteroatoms. The molecule has 24 heavy (non-hydrogen) atoms. The van der Waals surface area contributed by atoms with Crippen molar-refractivity contribution >= 4 is 11.8 Å². The Morgan fingerprint density at radius 3 is 2.21 bits per heavy atom. The lowest BCUT2D eigenvalue weighted by molar-refractivity contribution is 0.414. The molecule has 0 heterocycles. The third kappa shape index (κ3) is 3.66. The lowest BCUT2D eigenvalue weighted by atomic mass is 9.89. The maximum Gasteiger partial charge on any atom is 0.119 e. The van der Waals surface area contributed by atoms with Gasteiger partial charge in [-0.2, -0.15) is 0 Å². The summed E-state index contributed by atoms with van der Waals surface area (Å²) >= 11 is 0. The van der Waals surface area contributed by atoms with Crippen molar-refractivity contribution in [3.05, 3.63) is 102 Å². The van der Waals surface area contributed by atoms with Crippen LogP contribution in [0.25, 0.3) is 6.08 Å². The highest BCUT2D eigenvalue weighted by Crippen LogP contribution is 2.33. The van der Waals surface area contributed by atoms with Crippen molar-refractivity contribution in [2.24, 2.45) is 0 Å². The molecule has 120 valence electrons. The van der Waals surface area contributed by atoms with E-state index in [9.17, 15) is 0 Å². The van der Waals surface area contributed by atoms with E-state index in [0.717, 1.165) is 17.0 Å². The highest BCUT2D eigenvalue weighted by atomic mass is 16.5. The summed E-state index contributed by atoms with van der Waals surface area (Å²) in [6, 6.07) is 26.5. The molecular weight excluding hydrogens is 294 g/mol. The van der Waals surface area contributed by atoms with Crippen LogP contribution in [0.2, 0.25) is 0 Å². The number of anilines is 1. The van der Waals surface area contributed by atoms with Gasteiger partial charge in [-0.15, -0.1) is 0 Å². The van der Waals surface area contributed by atoms with E-state index in [1.54, 1.807) is 7.11 Å². The summed E-state index contributed by atoms with van der Waals surface area (Å²) in [5.41, 5.74) is 10.4. The summed E-state index contributed by atoms with van der Waals surface area (Å²) in [7, 11) is 1.67. The third-order valence-corrected chi connectivity index (χ3v) is 4.07. The van der Waals surface area contributed by atoms with Crippen LogP contribution in [0, 0.1) is 0 Å². The van der Waals surface area contributed by atoms with E-state index < -0.39 is 0 Å². The highest BCUT2D eigenvalue weighted by molar-refractivity contribution is 5.60. The molecule has 3 rings (SSSR count). The minimum Gasteiger partial charge on any atom is -0.497 e. The number of allylic oxidation sites excluding steroid dienone is 1. The number of benzene rings is 3. The summed E-state index contributed by atoms with van der Waals surface area (Å²) < 4.78 is 5.38. The van der Waals surface area contributed by atoms with Crippen LogP contribution in [0.1, 0.15) is 22.6 Å². The number of methoxy groups -OCH3 is 1. The molecule has 0 bridgehead atoms. The van der Waals surface area contributed by atoms with Crippen molar-refractivity contribution in [1.82, 2.24) is 0 Å². The summed E-state index contributed by atoms with van der Waals surface area (Å²) in [5.74, 6) is 0.884. The second-order valence-corrected chi connectivity index (χ2v) is 5.65. The molecule has 0 aliphatic carbocycles. The number of hydrogen-bond donors (Lipinski definition) is 1. The van der Waals surface area contributed by atoms with E-state index in [1.165, 1.54) is 11.1 Å². The zero-order valence-electron chi connectivity index (χ0n) is 13.7. The molecule has 0 aliphatic heterocycles. The number of nitrogens with two attached hydrogens (primary N) is 1. The number of nitrogen functional groups attached to an aromatic ring is 1. The molecule has 3 aromatic carbocycles. The van der Waals surface area contributed by atoms with Gasteiger partial charge in [0, 0.05) is 11.6 Å². The molecule has 0 saturated heterocycles. The van der Waals surface area contributed by atoms with Gasteiger partial charge in [-0.3, -0.25) is 0 Å². The van der Waals surface area contributed by atoms with E-state index in [-0.39, 0.29) is 5.92 Å². The zero-order valence-corrected chi connectivity index (χ0v) is 13.7. The standard InChI is InChI=1S/C22H21NO/c1-24-19-13-15-22(23)21(16-19)20(18-10-6-3-7-11-18)14-12-17-8-4-2-5-9-17/h2-16,20H,23H2,1H3/b14-12+. The zero-order chi connectivity index (χ0) is 16.8. The van der Waals surface area contributed by atoms with Crippen LogP contribution in [0.3, 0.4) is 0 Å². The number of hydrogen-bond acceptors (Lipinski definition) is 2. The topological polar surface area (TPSA) is 35.2 Å². The van der Waals surface area contributed by atoms with Gasteiger partial charge in [-0.25, -0.2) is 0 Å². The van der Waals surface area contributed by atoms with E-state index in [0.29, 0.717) is 0 Å². The van der Waals surface area contributed by atoms with Gasteiger partial charge in [-0.05, 0) is 34.9 Å². The second-order valence-electron chi connectivity index (χ2n) is 5.65. The Bertz CT molecular complexity index is 810. The van der Waals surface area contributed by atoms with E-state index in [4.69, 9.17) is 10.5 Å². The molecule has 0 spiro atoms. The Morgan fingerprint density at radius 2 is 1.54 bits per heavy atom. The van der Waals surface area contributed by atoms with Gasteiger partial charge in [0.05, 0.1) is 7.11 Å². The van der Waals surface area contributed by atoms with Crippen LogP contribution in [0.5, 0.6) is 5.75 Å². The lowest BCUT2D eigenvalue weighted by Crippen LogP contribution is -2.03. The van der Waals surface area contributed by atoms with Gasteiger partial charge < -0.3 is 10.5 Å². The number of rotatable bonds is 5. The minimum absolute atomic E-state index is 0.0708. The molecule has 0 saturated carbocycles. The SMILES string of the molecule is COc1ccc(N)c(C(/C=C/c2ccccc2)c2ccccc2)c1. The quantitative estimate of drug-likeness (QED) is 0.663. The van der Waals surface area contributed by atoms with Crippen molar-refractivity contribution in [3.63, 3.8) is 0 Å². The molecule has 2 N–H and O–H groups in total. The Balaban J connectivity index is 2.04. The summed E-state index contributed by atoms with van der Waals surface area (Å²) in [6.07, 6.45) is 4.33. The van der Waals surface area contributed by atoms with Crippen LogP contribution in [0.4, 0.5) is 5.69 Å². The third-order valence-electron chi connectivity index (χ3n) is 4.07. The van der Waals surface area contributed by atoms with Gasteiger partial charge in [0.25, 0.3) is 0 Å². The van der Waals surface area contributed by atoms with Gasteiger partial charge in [0.1, 0.15) is 5.75 Å². The van der Waals surface area contributed by atoms with Crippen molar-refractivity contribution in [3.8, 4) is 5.75 Å². The molecule has 0 amide bonds. The Morgan fingerprint density at radius 1 is 0.875 bits per heavy atom. The van der Waals surface area contributed by atoms with Gasteiger partial charge >= 0.3 is 0 Å². The Kier molecular flexibility index (Phi) is 4.97. The van der Waals surface area contributed by atoms with Crippen LogP contribution in [0.15, 0.2) is 84.9 Å². The number of ether oxygens (including phenoxy) is 1. The van der Waals surface area contributed by atoms with Crippen LogP contribution in [-0.4, -0.2) is 7.11 Å². The highest BCUT2D eigenvalue weighted by Gasteiger charge is 2.14. The molecule has 1 atom stereocenters. The molecule has 1 unspecified atom stereocenters. The first-order chi connectivity index (χ1) is 11.8. The lowest BCUT2D eigenvalue weighted by Gasteiger charge is -2.17. The normalized spacial score (nSPS) is 12.2. The molecular formula is C22H21NO. The summed E-state index contributed by atoms with van der Waals surface area (Å²) in [5, 5.41) is 0. The average Bonchev–Trinajstić information content (AvgIpc) is 2.65. The van der Waals surface area contributed by atoms with Crippen molar-refractivity contribution in [1.29, 1.82) is 0 Å². The monoisotopic (exact) mass is 315 g/mol. The Hall–Kier alpha value is -3.00. The largest absolute Gasteiger partial charge is 0.497 e. The van der Waals surface area contributed by atoms with Gasteiger partial charge in [0.15, 0.2) is 0 Å². The van der Waals surface area contributed by atoms with Crippen LogP contribution >= 0.6 is 0 Å². The molecule has 0 aromatic heterocycles. The van der Waals surface area contributed by atoms with Crippen molar-refractivity contribution < 1.29 is 4.74 Å². The summed E-state index contributed by atoms with van der Waals surface area (Å²) in [4.78, 5) is 0. The molecule has 0 aliphatic rings. The fourth-order valence-corrected chi connectivity index (χ4v) is 2.78. The average molecular weight is 315 g/mol. The maximum atomic E-state index is 6.26. The van der Waals surface area contributed by atoms with Gasteiger partial charge in [0.2, 0.25) is 0 Å². The first-order valence-electron chi connectivity index (χ1n) is 7.99. The predicted octanol–water partition coefficient (Wildman–Crippen LogP) is 5.12. The predicted molar refractivity (Wildman–Crippen MR) is 101 cm³/mol. The smallest absolute Gasteiger partial charge is 0.119 e. The fourth-order valence-electron chi connectivity index (χ4n) is 2.78. The van der Waals surface area contributed by atoms with Crippen LogP contribution in [-0.2, 0) is 0 Å². The summed E-state index contributed by atoms with van der Waals surface area (Å²) in [6.45, 7) is 0. The first kappa shape index (κ1) is 15.9. The van der Waals surface area contributed by atoms with E-state index in [1.807, 2.05) is 42.5 Å². The fraction of sp³-hybridized carbons (Fsp3) is 0.0909. The molecule has 3 aromatic rings. The van der Waals surface area contributed by atoms with Gasteiger partial charge in [-0.1, -0.05) is 72.8 Å². The molecule has 0 radical (unpaired) electrons. The Labute approximate surface area is 143 Å². The van der Waals surface area contributed by atoms with Crippen LogP contribution < -0.4 is 10.5 Å². The van der Waals surface area contributed by atoms with E-state index in [2.05, 4.69) is 48.6 Å². The molecule has 0 fully saturated rings. The van der Waals surface area contributed by atoms with Crippen molar-refractivity contribution in [2.75, 3.05) is 12.8 Å².